The van der Waals surface area contributed by atoms with Crippen molar-refractivity contribution in [2.45, 2.75) is 50.4 Å². The molecule has 0 bridgehead atoms. The number of rotatable bonds is 7. The summed E-state index contributed by atoms with van der Waals surface area (Å²) in [4.78, 5) is 32.0. The topological polar surface area (TPSA) is 88.9 Å². The van der Waals surface area contributed by atoms with E-state index >= 15 is 0 Å². The Morgan fingerprint density at radius 2 is 1.82 bits per heavy atom. The number of carbonyl (C=O) groups excluding carboxylic acids is 2. The van der Waals surface area contributed by atoms with Crippen molar-refractivity contribution in [3.8, 4) is 11.8 Å². The maximum atomic E-state index is 14.6. The lowest BCUT2D eigenvalue weighted by molar-refractivity contribution is -0.126. The number of nitriles is 1. The first-order valence-corrected chi connectivity index (χ1v) is 15.2. The van der Waals surface area contributed by atoms with E-state index in [1.165, 1.54) is 11.6 Å². The van der Waals surface area contributed by atoms with E-state index in [2.05, 4.69) is 46.0 Å². The fourth-order valence-corrected chi connectivity index (χ4v) is 6.96. The molecule has 3 aliphatic heterocycles. The normalized spacial score (nSPS) is 21.1. The van der Waals surface area contributed by atoms with E-state index in [0.29, 0.717) is 54.3 Å². The van der Waals surface area contributed by atoms with Gasteiger partial charge in [-0.25, -0.2) is 4.39 Å². The molecule has 3 aromatic carbocycles. The van der Waals surface area contributed by atoms with Gasteiger partial charge in [0.2, 0.25) is 5.91 Å². The minimum atomic E-state index is -0.504. The molecule has 8 nitrogen and oxygen atoms in total. The Morgan fingerprint density at radius 1 is 1.05 bits per heavy atom. The Bertz CT molecular complexity index is 1690. The molecule has 1 N–H and O–H groups in total. The zero-order valence-electron chi connectivity index (χ0n) is 24.5. The molecule has 3 heterocycles. The van der Waals surface area contributed by atoms with Crippen LogP contribution in [0.3, 0.4) is 0 Å². The Balaban J connectivity index is 0.978. The van der Waals surface area contributed by atoms with E-state index in [1.807, 2.05) is 18.2 Å². The smallest absolute Gasteiger partial charge is 0.255 e. The van der Waals surface area contributed by atoms with Gasteiger partial charge < -0.3 is 19.9 Å². The van der Waals surface area contributed by atoms with Crippen molar-refractivity contribution in [3.05, 3.63) is 107 Å². The van der Waals surface area contributed by atoms with Crippen LogP contribution in [0.5, 0.6) is 5.75 Å². The van der Waals surface area contributed by atoms with Crippen molar-refractivity contribution in [3.63, 3.8) is 0 Å². The van der Waals surface area contributed by atoms with Crippen LogP contribution >= 0.6 is 0 Å². The van der Waals surface area contributed by atoms with Gasteiger partial charge in [0.25, 0.3) is 5.91 Å². The van der Waals surface area contributed by atoms with Gasteiger partial charge in [0, 0.05) is 48.5 Å². The summed E-state index contributed by atoms with van der Waals surface area (Å²) < 4.78 is 20.8. The van der Waals surface area contributed by atoms with E-state index in [1.54, 1.807) is 23.1 Å². The van der Waals surface area contributed by atoms with E-state index in [-0.39, 0.29) is 23.2 Å². The van der Waals surface area contributed by atoms with E-state index in [0.717, 1.165) is 50.1 Å². The first-order valence-electron chi connectivity index (χ1n) is 15.2. The van der Waals surface area contributed by atoms with Gasteiger partial charge in [-0.15, -0.1) is 0 Å². The highest BCUT2D eigenvalue weighted by Gasteiger charge is 2.50. The number of fused-ring (bicyclic) bond motifs is 1. The quantitative estimate of drug-likeness (QED) is 0.423. The number of nitrogens with zero attached hydrogens (tertiary/aromatic N) is 4. The Hall–Kier alpha value is -4.68. The number of carbonyl (C=O) groups is 2. The minimum absolute atomic E-state index is 0.0243. The molecule has 7 rings (SSSR count). The van der Waals surface area contributed by atoms with Gasteiger partial charge in [-0.1, -0.05) is 36.9 Å². The predicted molar refractivity (Wildman–Crippen MR) is 163 cm³/mol. The molecule has 2 amide bonds. The number of anilines is 1. The number of amides is 2. The molecule has 224 valence electrons. The summed E-state index contributed by atoms with van der Waals surface area (Å²) in [5.41, 5.74) is 5.35. The SMILES string of the molecule is C=C1CC[C@H](N2Cc3c(OCc4ccc(C5(N6CCN(c7ccc(C#N)cc7F)CC6)CC5)cc4)cccc3C2=O)C(=O)N1. The van der Waals surface area contributed by atoms with Crippen LogP contribution in [0.15, 0.2) is 72.9 Å². The molecule has 0 spiro atoms. The number of hydrogen-bond donors (Lipinski definition) is 1. The van der Waals surface area contributed by atoms with E-state index < -0.39 is 6.04 Å². The van der Waals surface area contributed by atoms with Gasteiger partial charge in [0.15, 0.2) is 0 Å². The monoisotopic (exact) mass is 591 g/mol. The summed E-state index contributed by atoms with van der Waals surface area (Å²) in [7, 11) is 0. The average Bonchev–Trinajstić information content (AvgIpc) is 3.78. The van der Waals surface area contributed by atoms with Crippen LogP contribution in [0, 0.1) is 17.1 Å². The summed E-state index contributed by atoms with van der Waals surface area (Å²) in [6.45, 7) is 7.72. The Labute approximate surface area is 256 Å². The van der Waals surface area contributed by atoms with Gasteiger partial charge in [0.05, 0.1) is 23.9 Å². The molecule has 0 unspecified atom stereocenters. The highest BCUT2D eigenvalue weighted by Crippen LogP contribution is 2.51. The highest BCUT2D eigenvalue weighted by atomic mass is 19.1. The molecule has 9 heteroatoms. The molecule has 0 aromatic heterocycles. The maximum Gasteiger partial charge on any atom is 0.255 e. The molecule has 1 saturated carbocycles. The van der Waals surface area contributed by atoms with E-state index in [4.69, 9.17) is 10.00 Å². The van der Waals surface area contributed by atoms with E-state index in [9.17, 15) is 14.0 Å². The van der Waals surface area contributed by atoms with Crippen LogP contribution in [0.1, 0.15) is 58.3 Å². The van der Waals surface area contributed by atoms with Gasteiger partial charge >= 0.3 is 0 Å². The molecule has 1 aliphatic carbocycles. The molecule has 0 radical (unpaired) electrons. The van der Waals surface area contributed by atoms with Gasteiger partial charge in [-0.2, -0.15) is 5.26 Å². The van der Waals surface area contributed by atoms with Crippen LogP contribution in [-0.2, 0) is 23.5 Å². The lowest BCUT2D eigenvalue weighted by Gasteiger charge is -2.41. The summed E-state index contributed by atoms with van der Waals surface area (Å²) in [5.74, 6) is 0.00269. The van der Waals surface area contributed by atoms with Gasteiger partial charge in [-0.3, -0.25) is 14.5 Å². The molecule has 3 aromatic rings. The summed E-state index contributed by atoms with van der Waals surface area (Å²) in [5, 5.41) is 11.8. The molecule has 4 aliphatic rings. The van der Waals surface area contributed by atoms with Crippen molar-refractivity contribution in [1.29, 1.82) is 5.26 Å². The van der Waals surface area contributed by atoms with Crippen molar-refractivity contribution >= 4 is 17.5 Å². The number of piperidine rings is 1. The van der Waals surface area contributed by atoms with Crippen LogP contribution in [0.4, 0.5) is 10.1 Å². The Kier molecular flexibility index (Phi) is 7.10. The number of ether oxygens (including phenoxy) is 1. The van der Waals surface area contributed by atoms with Crippen LogP contribution in [0.2, 0.25) is 0 Å². The number of halogens is 1. The molecule has 44 heavy (non-hydrogen) atoms. The fraction of sp³-hybridized carbons (Fsp3) is 0.343. The largest absolute Gasteiger partial charge is 0.489 e. The zero-order chi connectivity index (χ0) is 30.4. The second-order valence-corrected chi connectivity index (χ2v) is 12.1. The third-order valence-electron chi connectivity index (χ3n) is 9.56. The van der Waals surface area contributed by atoms with Crippen molar-refractivity contribution in [1.82, 2.24) is 15.1 Å². The minimum Gasteiger partial charge on any atom is -0.489 e. The third-order valence-corrected chi connectivity index (χ3v) is 9.56. The van der Waals surface area contributed by atoms with Crippen LogP contribution < -0.4 is 15.0 Å². The van der Waals surface area contributed by atoms with Crippen molar-refractivity contribution < 1.29 is 18.7 Å². The number of allylic oxidation sites excluding steroid dienone is 1. The average molecular weight is 592 g/mol. The second-order valence-electron chi connectivity index (χ2n) is 12.1. The number of nitrogens with one attached hydrogen (secondary N) is 1. The van der Waals surface area contributed by atoms with Crippen molar-refractivity contribution in [2.75, 3.05) is 31.1 Å². The maximum absolute atomic E-state index is 14.6. The molecule has 3 fully saturated rings. The first kappa shape index (κ1) is 28.1. The van der Waals surface area contributed by atoms with Crippen LogP contribution in [0.25, 0.3) is 0 Å². The lowest BCUT2D eigenvalue weighted by atomic mass is 10.00. The highest BCUT2D eigenvalue weighted by molar-refractivity contribution is 6.02. The number of benzene rings is 3. The zero-order valence-corrected chi connectivity index (χ0v) is 24.5. The standard InChI is InChI=1S/C35H34FN5O3/c1-23-5-11-31(33(42)38-23)41-21-28-27(34(41)43)3-2-4-32(28)44-22-24-6-9-26(10-7-24)35(13-14-35)40-17-15-39(16-18-40)30-12-8-25(20-37)19-29(30)36/h2-4,6-10,12,19,31H,1,5,11,13-18,21-22H2,(H,38,42)/t31-/m0/s1. The number of hydrogen-bond acceptors (Lipinski definition) is 6. The third kappa shape index (κ3) is 4.99. The van der Waals surface area contributed by atoms with Gasteiger partial charge in [-0.05, 0) is 67.1 Å². The fourth-order valence-electron chi connectivity index (χ4n) is 6.96. The van der Waals surface area contributed by atoms with Gasteiger partial charge in [0.1, 0.15) is 24.2 Å². The Morgan fingerprint density at radius 3 is 2.50 bits per heavy atom. The number of piperazine rings is 1. The molecule has 1 atom stereocenters. The predicted octanol–water partition coefficient (Wildman–Crippen LogP) is 4.84. The molecular formula is C35H34FN5O3. The summed E-state index contributed by atoms with van der Waals surface area (Å²) in [6.07, 6.45) is 3.43. The molecular weight excluding hydrogens is 557 g/mol. The first-order chi connectivity index (χ1) is 21.4. The van der Waals surface area contributed by atoms with Crippen molar-refractivity contribution in [2.24, 2.45) is 0 Å². The lowest BCUT2D eigenvalue weighted by Crippen LogP contribution is -2.50. The second kappa shape index (κ2) is 11.1. The summed E-state index contributed by atoms with van der Waals surface area (Å²) in [6, 6.07) is 20.3. The molecule has 2 saturated heterocycles. The van der Waals surface area contributed by atoms with Crippen LogP contribution in [-0.4, -0.2) is 53.8 Å². The summed E-state index contributed by atoms with van der Waals surface area (Å²) >= 11 is 0.